The third-order valence-electron chi connectivity index (χ3n) is 5.15. The van der Waals surface area contributed by atoms with Crippen molar-refractivity contribution in [3.05, 3.63) is 70.5 Å². The number of fused-ring (bicyclic) bond motifs is 2. The predicted octanol–water partition coefficient (Wildman–Crippen LogP) is 3.96. The van der Waals surface area contributed by atoms with Gasteiger partial charge in [0.05, 0.1) is 28.4 Å². The molecule has 0 saturated carbocycles. The van der Waals surface area contributed by atoms with Crippen molar-refractivity contribution < 1.29 is 9.53 Å². The minimum atomic E-state index is -0.298. The van der Waals surface area contributed by atoms with Crippen molar-refractivity contribution in [2.45, 2.75) is 18.9 Å². The van der Waals surface area contributed by atoms with E-state index in [1.807, 2.05) is 42.5 Å². The van der Waals surface area contributed by atoms with Crippen LogP contribution in [0.2, 0.25) is 0 Å². The lowest BCUT2D eigenvalue weighted by molar-refractivity contribution is 0.0918. The SMILES string of the molecule is O=C(c1cc(=O)[nH]c2ccccc12)N(C[C@@H]1CCCO1)c1nc2ccccc2s1. The van der Waals surface area contributed by atoms with E-state index in [4.69, 9.17) is 4.74 Å². The van der Waals surface area contributed by atoms with E-state index in [9.17, 15) is 9.59 Å². The Morgan fingerprint density at radius 1 is 1.21 bits per heavy atom. The molecule has 1 amide bonds. The minimum Gasteiger partial charge on any atom is -0.376 e. The van der Waals surface area contributed by atoms with Gasteiger partial charge in [0.15, 0.2) is 5.13 Å². The summed E-state index contributed by atoms with van der Waals surface area (Å²) in [5.74, 6) is -0.234. The van der Waals surface area contributed by atoms with Crippen LogP contribution in [0.1, 0.15) is 23.2 Å². The molecule has 1 saturated heterocycles. The Bertz CT molecular complexity index is 1220. The number of rotatable bonds is 4. The zero-order valence-electron chi connectivity index (χ0n) is 15.6. The van der Waals surface area contributed by atoms with Gasteiger partial charge in [0, 0.05) is 23.6 Å². The van der Waals surface area contributed by atoms with Crippen molar-refractivity contribution in [1.82, 2.24) is 9.97 Å². The van der Waals surface area contributed by atoms with E-state index in [0.29, 0.717) is 29.4 Å². The number of carbonyl (C=O) groups excluding carboxylic acids is 1. The number of amides is 1. The second-order valence-electron chi connectivity index (χ2n) is 7.11. The molecular weight excluding hydrogens is 386 g/mol. The van der Waals surface area contributed by atoms with Crippen molar-refractivity contribution in [2.24, 2.45) is 0 Å². The number of para-hydroxylation sites is 2. The van der Waals surface area contributed by atoms with Crippen LogP contribution in [0.3, 0.4) is 0 Å². The van der Waals surface area contributed by atoms with Crippen LogP contribution in [-0.2, 0) is 4.74 Å². The molecule has 1 aliphatic heterocycles. The number of H-pyrrole nitrogens is 1. The van der Waals surface area contributed by atoms with E-state index >= 15 is 0 Å². The Balaban J connectivity index is 1.62. The second-order valence-corrected chi connectivity index (χ2v) is 8.12. The van der Waals surface area contributed by atoms with Gasteiger partial charge < -0.3 is 9.72 Å². The number of ether oxygens (including phenoxy) is 1. The summed E-state index contributed by atoms with van der Waals surface area (Å²) in [4.78, 5) is 35.0. The molecule has 1 aliphatic rings. The van der Waals surface area contributed by atoms with Crippen LogP contribution in [0.5, 0.6) is 0 Å². The number of nitrogens with zero attached hydrogens (tertiary/aromatic N) is 2. The van der Waals surface area contributed by atoms with Crippen molar-refractivity contribution in [3.8, 4) is 0 Å². The van der Waals surface area contributed by atoms with Crippen molar-refractivity contribution in [2.75, 3.05) is 18.1 Å². The fraction of sp³-hybridized carbons (Fsp3) is 0.227. The Hall–Kier alpha value is -3.03. The number of benzene rings is 2. The van der Waals surface area contributed by atoms with Crippen molar-refractivity contribution in [1.29, 1.82) is 0 Å². The molecule has 146 valence electrons. The molecule has 1 fully saturated rings. The van der Waals surface area contributed by atoms with Crippen molar-refractivity contribution in [3.63, 3.8) is 0 Å². The summed E-state index contributed by atoms with van der Waals surface area (Å²) in [6.45, 7) is 1.13. The largest absolute Gasteiger partial charge is 0.376 e. The molecule has 1 N–H and O–H groups in total. The average molecular weight is 405 g/mol. The Morgan fingerprint density at radius 2 is 2.03 bits per heavy atom. The number of thiazole rings is 1. The lowest BCUT2D eigenvalue weighted by Gasteiger charge is -2.23. The lowest BCUT2D eigenvalue weighted by Crippen LogP contribution is -2.38. The Morgan fingerprint density at radius 3 is 2.86 bits per heavy atom. The zero-order chi connectivity index (χ0) is 19.8. The van der Waals surface area contributed by atoms with Crippen LogP contribution < -0.4 is 10.5 Å². The lowest BCUT2D eigenvalue weighted by atomic mass is 10.1. The highest BCUT2D eigenvalue weighted by atomic mass is 32.1. The number of nitrogens with one attached hydrogen (secondary N) is 1. The fourth-order valence-electron chi connectivity index (χ4n) is 3.74. The van der Waals surface area contributed by atoms with E-state index in [1.54, 1.807) is 11.0 Å². The van der Waals surface area contributed by atoms with Crippen LogP contribution >= 0.6 is 11.3 Å². The van der Waals surface area contributed by atoms with Crippen LogP contribution in [0.15, 0.2) is 59.4 Å². The molecule has 1 atom stereocenters. The van der Waals surface area contributed by atoms with Gasteiger partial charge in [-0.05, 0) is 31.0 Å². The van der Waals surface area contributed by atoms with E-state index in [-0.39, 0.29) is 17.6 Å². The summed E-state index contributed by atoms with van der Waals surface area (Å²) in [7, 11) is 0. The quantitative estimate of drug-likeness (QED) is 0.558. The van der Waals surface area contributed by atoms with Gasteiger partial charge >= 0.3 is 0 Å². The standard InChI is InChI=1S/C22H19N3O3S/c26-20-12-16(15-7-1-2-8-17(15)23-20)21(27)25(13-14-6-5-11-28-14)22-24-18-9-3-4-10-19(18)29-22/h1-4,7-10,12,14H,5-6,11,13H2,(H,23,26)/t14-/m0/s1. The molecule has 0 radical (unpaired) electrons. The molecule has 4 aromatic rings. The van der Waals surface area contributed by atoms with E-state index in [1.165, 1.54) is 17.4 Å². The first kappa shape index (κ1) is 18.0. The normalized spacial score (nSPS) is 16.5. The molecule has 7 heteroatoms. The first-order valence-electron chi connectivity index (χ1n) is 9.60. The number of aromatic nitrogens is 2. The second kappa shape index (κ2) is 7.42. The molecule has 2 aromatic carbocycles. The third-order valence-corrected chi connectivity index (χ3v) is 6.21. The summed E-state index contributed by atoms with van der Waals surface area (Å²) >= 11 is 1.47. The predicted molar refractivity (Wildman–Crippen MR) is 115 cm³/mol. The number of anilines is 1. The van der Waals surface area contributed by atoms with E-state index in [0.717, 1.165) is 28.4 Å². The van der Waals surface area contributed by atoms with Gasteiger partial charge in [-0.3, -0.25) is 14.5 Å². The summed E-state index contributed by atoms with van der Waals surface area (Å²) in [5.41, 5.74) is 1.58. The average Bonchev–Trinajstić information content (AvgIpc) is 3.40. The molecule has 0 spiro atoms. The number of hydrogen-bond acceptors (Lipinski definition) is 5. The molecule has 0 bridgehead atoms. The first-order valence-corrected chi connectivity index (χ1v) is 10.4. The van der Waals surface area contributed by atoms with Crippen LogP contribution in [0.4, 0.5) is 5.13 Å². The number of pyridine rings is 1. The van der Waals surface area contributed by atoms with Gasteiger partial charge in [0.25, 0.3) is 5.91 Å². The maximum atomic E-state index is 13.7. The van der Waals surface area contributed by atoms with Gasteiger partial charge in [-0.25, -0.2) is 4.98 Å². The highest BCUT2D eigenvalue weighted by Crippen LogP contribution is 2.31. The molecule has 5 rings (SSSR count). The molecule has 2 aromatic heterocycles. The summed E-state index contributed by atoms with van der Waals surface area (Å²) in [6.07, 6.45) is 1.87. The van der Waals surface area contributed by atoms with Gasteiger partial charge in [0.1, 0.15) is 0 Å². The van der Waals surface area contributed by atoms with Gasteiger partial charge in [-0.1, -0.05) is 41.7 Å². The van der Waals surface area contributed by atoms with Crippen LogP contribution in [-0.4, -0.2) is 35.1 Å². The van der Waals surface area contributed by atoms with Gasteiger partial charge in [-0.15, -0.1) is 0 Å². The molecule has 6 nitrogen and oxygen atoms in total. The molecule has 0 aliphatic carbocycles. The van der Waals surface area contributed by atoms with Crippen LogP contribution in [0.25, 0.3) is 21.1 Å². The third kappa shape index (κ3) is 3.43. The summed E-state index contributed by atoms with van der Waals surface area (Å²) in [6, 6.07) is 16.5. The first-order chi connectivity index (χ1) is 14.2. The minimum absolute atomic E-state index is 0.0285. The molecular formula is C22H19N3O3S. The maximum Gasteiger partial charge on any atom is 0.261 e. The monoisotopic (exact) mass is 405 g/mol. The zero-order valence-corrected chi connectivity index (χ0v) is 16.4. The maximum absolute atomic E-state index is 13.7. The van der Waals surface area contributed by atoms with Crippen molar-refractivity contribution >= 4 is 43.5 Å². The van der Waals surface area contributed by atoms with E-state index < -0.39 is 0 Å². The topological polar surface area (TPSA) is 75.3 Å². The van der Waals surface area contributed by atoms with Crippen LogP contribution in [0, 0.1) is 0 Å². The Kier molecular flexibility index (Phi) is 4.61. The smallest absolute Gasteiger partial charge is 0.261 e. The highest BCUT2D eigenvalue weighted by Gasteiger charge is 2.28. The van der Waals surface area contributed by atoms with E-state index in [2.05, 4.69) is 9.97 Å². The molecule has 29 heavy (non-hydrogen) atoms. The highest BCUT2D eigenvalue weighted by molar-refractivity contribution is 7.22. The molecule has 0 unspecified atom stereocenters. The number of carbonyl (C=O) groups is 1. The number of hydrogen-bond donors (Lipinski definition) is 1. The number of aromatic amines is 1. The summed E-state index contributed by atoms with van der Waals surface area (Å²) in [5, 5.41) is 1.34. The Labute approximate surface area is 170 Å². The molecule has 3 heterocycles. The fourth-order valence-corrected chi connectivity index (χ4v) is 4.72. The van der Waals surface area contributed by atoms with Gasteiger partial charge in [0.2, 0.25) is 5.56 Å². The summed E-state index contributed by atoms with van der Waals surface area (Å²) < 4.78 is 6.81. The van der Waals surface area contributed by atoms with Gasteiger partial charge in [-0.2, -0.15) is 0 Å².